The van der Waals surface area contributed by atoms with Gasteiger partial charge in [0, 0.05) is 0 Å². The van der Waals surface area contributed by atoms with Crippen molar-refractivity contribution in [3.8, 4) is 5.75 Å². The van der Waals surface area contributed by atoms with Crippen LogP contribution in [0.4, 0.5) is 0 Å². The maximum Gasteiger partial charge on any atom is 0.310 e. The Bertz CT molecular complexity index is 778. The minimum Gasteiger partial charge on any atom is -0.508 e. The number of aryl methyl sites for hydroxylation is 1. The fraction of sp³-hybridized carbons (Fsp3) is 0.708. The first-order chi connectivity index (χ1) is 13.1. The molecule has 154 valence electrons. The minimum atomic E-state index is -0.511. The van der Waals surface area contributed by atoms with Gasteiger partial charge in [0.15, 0.2) is 0 Å². The Balaban J connectivity index is 1.67. The van der Waals surface area contributed by atoms with E-state index in [4.69, 9.17) is 4.74 Å². The summed E-state index contributed by atoms with van der Waals surface area (Å²) in [6.07, 6.45) is 6.18. The lowest BCUT2D eigenvalue weighted by atomic mass is 9.55. The molecule has 0 amide bonds. The summed E-state index contributed by atoms with van der Waals surface area (Å²) < 4.78 is 5.55. The van der Waals surface area contributed by atoms with Gasteiger partial charge in [-0.25, -0.2) is 0 Å². The molecule has 2 saturated carbocycles. The van der Waals surface area contributed by atoms with Gasteiger partial charge in [-0.2, -0.15) is 0 Å². The van der Waals surface area contributed by atoms with Crippen LogP contribution in [0.15, 0.2) is 12.1 Å². The maximum absolute atomic E-state index is 12.5. The number of rotatable bonds is 2. The average Bonchev–Trinajstić information content (AvgIpc) is 2.87. The Morgan fingerprint density at radius 1 is 1.21 bits per heavy atom. The third-order valence-corrected chi connectivity index (χ3v) is 7.60. The van der Waals surface area contributed by atoms with E-state index in [1.807, 2.05) is 26.8 Å². The molecule has 28 heavy (non-hydrogen) atoms. The number of carbonyl (C=O) groups excluding carboxylic acids is 1. The second-order valence-corrected chi connectivity index (χ2v) is 10.5. The second kappa shape index (κ2) is 6.76. The van der Waals surface area contributed by atoms with E-state index in [0.717, 1.165) is 44.1 Å². The lowest BCUT2D eigenvalue weighted by Gasteiger charge is -2.50. The van der Waals surface area contributed by atoms with Crippen molar-refractivity contribution in [1.82, 2.24) is 0 Å². The molecule has 1 aromatic carbocycles. The van der Waals surface area contributed by atoms with E-state index in [1.54, 1.807) is 6.07 Å². The number of ether oxygens (including phenoxy) is 1. The Morgan fingerprint density at radius 2 is 1.96 bits per heavy atom. The third-order valence-electron chi connectivity index (χ3n) is 7.60. The molecule has 2 fully saturated rings. The van der Waals surface area contributed by atoms with Crippen molar-refractivity contribution >= 4 is 5.97 Å². The zero-order chi connectivity index (χ0) is 20.3. The van der Waals surface area contributed by atoms with Crippen molar-refractivity contribution in [3.05, 3.63) is 28.8 Å². The number of hydrogen-bond donors (Lipinski definition) is 2. The van der Waals surface area contributed by atoms with E-state index in [-0.39, 0.29) is 29.7 Å². The molecule has 0 saturated heterocycles. The first-order valence-corrected chi connectivity index (χ1v) is 10.8. The van der Waals surface area contributed by atoms with Crippen LogP contribution in [0.2, 0.25) is 0 Å². The van der Waals surface area contributed by atoms with Gasteiger partial charge in [0.1, 0.15) is 11.4 Å². The van der Waals surface area contributed by atoms with Gasteiger partial charge in [0.05, 0.1) is 12.5 Å². The molecule has 0 bridgehead atoms. The molecule has 0 aromatic heterocycles. The quantitative estimate of drug-likeness (QED) is 0.735. The van der Waals surface area contributed by atoms with Gasteiger partial charge in [-0.15, -0.1) is 0 Å². The monoisotopic (exact) mass is 386 g/mol. The number of carbonyl (C=O) groups is 1. The molecule has 1 aromatic rings. The molecule has 5 atom stereocenters. The smallest absolute Gasteiger partial charge is 0.310 e. The molecule has 2 N–H and O–H groups in total. The molecule has 3 aliphatic rings. The first kappa shape index (κ1) is 19.8. The standard InChI is InChI=1S/C24H34O4/c1-23(2,3)28-21(27)13-15-12-16(25)11-14-5-6-17-18(22(14)15)9-10-24(4)19(17)7-8-20(24)26/h11-12,17-20,25-26H,5-10,13H2,1-4H3/t17-,18+,19+,20-,24+/m1/s1. The molecule has 0 radical (unpaired) electrons. The summed E-state index contributed by atoms with van der Waals surface area (Å²) in [4.78, 5) is 12.5. The van der Waals surface area contributed by atoms with Crippen molar-refractivity contribution in [3.63, 3.8) is 0 Å². The van der Waals surface area contributed by atoms with E-state index in [0.29, 0.717) is 17.8 Å². The van der Waals surface area contributed by atoms with E-state index in [1.165, 1.54) is 11.1 Å². The number of phenolic OH excluding ortho intramolecular Hbond substituents is 1. The van der Waals surface area contributed by atoms with Gasteiger partial charge >= 0.3 is 5.97 Å². The summed E-state index contributed by atoms with van der Waals surface area (Å²) in [6, 6.07) is 3.66. The molecular formula is C24H34O4. The highest BCUT2D eigenvalue weighted by Gasteiger charge is 2.54. The topological polar surface area (TPSA) is 66.8 Å². The van der Waals surface area contributed by atoms with Gasteiger partial charge in [0.2, 0.25) is 0 Å². The highest BCUT2D eigenvalue weighted by Crippen LogP contribution is 2.61. The fourth-order valence-electron chi connectivity index (χ4n) is 6.47. The molecule has 3 aliphatic carbocycles. The number of phenols is 1. The minimum absolute atomic E-state index is 0.0426. The molecule has 0 aliphatic heterocycles. The number of hydrogen-bond acceptors (Lipinski definition) is 4. The van der Waals surface area contributed by atoms with E-state index in [2.05, 4.69) is 6.92 Å². The van der Waals surface area contributed by atoms with Crippen LogP contribution in [0, 0.1) is 17.3 Å². The summed E-state index contributed by atoms with van der Waals surface area (Å²) >= 11 is 0. The first-order valence-electron chi connectivity index (χ1n) is 10.8. The van der Waals surface area contributed by atoms with Crippen molar-refractivity contribution < 1.29 is 19.7 Å². The molecule has 4 rings (SSSR count). The molecule has 4 heteroatoms. The van der Waals surface area contributed by atoms with Gasteiger partial charge < -0.3 is 14.9 Å². The summed E-state index contributed by atoms with van der Waals surface area (Å²) in [5, 5.41) is 20.8. The summed E-state index contributed by atoms with van der Waals surface area (Å²) in [5.74, 6) is 1.54. The van der Waals surface area contributed by atoms with Crippen LogP contribution < -0.4 is 0 Å². The predicted molar refractivity (Wildman–Crippen MR) is 108 cm³/mol. The highest BCUT2D eigenvalue weighted by atomic mass is 16.6. The number of aliphatic hydroxyl groups is 1. The number of aromatic hydroxyl groups is 1. The molecule has 0 spiro atoms. The maximum atomic E-state index is 12.5. The van der Waals surface area contributed by atoms with Crippen LogP contribution in [0.3, 0.4) is 0 Å². The molecular weight excluding hydrogens is 352 g/mol. The Labute approximate surface area is 168 Å². The largest absolute Gasteiger partial charge is 0.508 e. The van der Waals surface area contributed by atoms with E-state index in [9.17, 15) is 15.0 Å². The van der Waals surface area contributed by atoms with Gasteiger partial charge in [-0.1, -0.05) is 6.92 Å². The molecule has 0 unspecified atom stereocenters. The van der Waals surface area contributed by atoms with Crippen LogP contribution in [0.5, 0.6) is 5.75 Å². The van der Waals surface area contributed by atoms with Crippen LogP contribution in [0.25, 0.3) is 0 Å². The van der Waals surface area contributed by atoms with Crippen LogP contribution in [0.1, 0.15) is 82.4 Å². The number of benzene rings is 1. The Morgan fingerprint density at radius 3 is 2.68 bits per heavy atom. The van der Waals surface area contributed by atoms with Crippen LogP contribution in [-0.4, -0.2) is 27.9 Å². The van der Waals surface area contributed by atoms with E-state index >= 15 is 0 Å². The SMILES string of the molecule is CC(C)(C)OC(=O)Cc1cc(O)cc2c1[C@H]1CC[C@]3(C)[C@H](O)CC[C@H]3[C@@H]1CC2. The Kier molecular flexibility index (Phi) is 4.77. The molecule has 4 nitrogen and oxygen atoms in total. The number of aliphatic hydroxyl groups excluding tert-OH is 1. The Hall–Kier alpha value is -1.55. The van der Waals surface area contributed by atoms with Crippen LogP contribution >= 0.6 is 0 Å². The van der Waals surface area contributed by atoms with Crippen molar-refractivity contribution in [1.29, 1.82) is 0 Å². The summed E-state index contributed by atoms with van der Waals surface area (Å²) in [7, 11) is 0. The second-order valence-electron chi connectivity index (χ2n) is 10.5. The number of esters is 1. The summed E-state index contributed by atoms with van der Waals surface area (Å²) in [6.45, 7) is 7.92. The summed E-state index contributed by atoms with van der Waals surface area (Å²) in [5.41, 5.74) is 2.94. The van der Waals surface area contributed by atoms with Crippen molar-refractivity contribution in [2.75, 3.05) is 0 Å². The normalized spacial score (nSPS) is 34.3. The lowest BCUT2D eigenvalue weighted by molar-refractivity contribution is -0.153. The van der Waals surface area contributed by atoms with Crippen LogP contribution in [-0.2, 0) is 22.4 Å². The lowest BCUT2D eigenvalue weighted by Crippen LogP contribution is -2.44. The third kappa shape index (κ3) is 3.34. The van der Waals surface area contributed by atoms with Crippen molar-refractivity contribution in [2.45, 2.75) is 90.3 Å². The number of fused-ring (bicyclic) bond motifs is 5. The van der Waals surface area contributed by atoms with E-state index < -0.39 is 5.60 Å². The van der Waals surface area contributed by atoms with Gasteiger partial charge in [0.25, 0.3) is 0 Å². The predicted octanol–water partition coefficient (Wildman–Crippen LogP) is 4.49. The fourth-order valence-corrected chi connectivity index (χ4v) is 6.47. The zero-order valence-electron chi connectivity index (χ0n) is 17.6. The zero-order valence-corrected chi connectivity index (χ0v) is 17.6. The molecule has 0 heterocycles. The van der Waals surface area contributed by atoms with Gasteiger partial charge in [-0.3, -0.25) is 4.79 Å². The van der Waals surface area contributed by atoms with Crippen molar-refractivity contribution in [2.24, 2.45) is 17.3 Å². The highest BCUT2D eigenvalue weighted by molar-refractivity contribution is 5.74. The average molecular weight is 387 g/mol. The van der Waals surface area contributed by atoms with Gasteiger partial charge in [-0.05, 0) is 111 Å².